The third-order valence-corrected chi connectivity index (χ3v) is 5.58. The van der Waals surface area contributed by atoms with E-state index in [2.05, 4.69) is 36.4 Å². The van der Waals surface area contributed by atoms with Crippen LogP contribution in [0.25, 0.3) is 11.2 Å². The quantitative estimate of drug-likeness (QED) is 0.398. The van der Waals surface area contributed by atoms with Crippen molar-refractivity contribution in [1.82, 2.24) is 28.8 Å². The third kappa shape index (κ3) is 4.40. The summed E-state index contributed by atoms with van der Waals surface area (Å²) in [5.74, 6) is -3.42. The third-order valence-electron chi connectivity index (χ3n) is 4.94. The Morgan fingerprint density at radius 2 is 2.03 bits per heavy atom. The van der Waals surface area contributed by atoms with Gasteiger partial charge >= 0.3 is 5.69 Å². The summed E-state index contributed by atoms with van der Waals surface area (Å²) in [6.45, 7) is 1.87. The van der Waals surface area contributed by atoms with Crippen LogP contribution < -0.4 is 16.6 Å². The highest BCUT2D eigenvalue weighted by Gasteiger charge is 2.29. The molecule has 1 amide bonds. The number of amides is 1. The molecular formula is C20H18BrF2N7O4. The lowest BCUT2D eigenvalue weighted by atomic mass is 10.2. The van der Waals surface area contributed by atoms with E-state index in [4.69, 9.17) is 4.52 Å². The van der Waals surface area contributed by atoms with Crippen LogP contribution in [0.1, 0.15) is 24.1 Å². The Bertz CT molecular complexity index is 1530. The van der Waals surface area contributed by atoms with Crippen molar-refractivity contribution < 1.29 is 18.1 Å². The van der Waals surface area contributed by atoms with E-state index in [0.717, 1.165) is 4.57 Å². The van der Waals surface area contributed by atoms with Crippen LogP contribution in [-0.4, -0.2) is 34.7 Å². The number of alkyl halides is 2. The van der Waals surface area contributed by atoms with Crippen LogP contribution in [0, 0.1) is 6.92 Å². The van der Waals surface area contributed by atoms with Crippen molar-refractivity contribution in [2.24, 2.45) is 7.05 Å². The molecule has 34 heavy (non-hydrogen) atoms. The van der Waals surface area contributed by atoms with Gasteiger partial charge in [-0.2, -0.15) is 8.78 Å². The van der Waals surface area contributed by atoms with Gasteiger partial charge in [-0.25, -0.2) is 14.8 Å². The number of halogens is 3. The number of imidazole rings is 1. The molecule has 0 spiro atoms. The molecule has 178 valence electrons. The average molecular weight is 538 g/mol. The van der Waals surface area contributed by atoms with Crippen LogP contribution in [0.4, 0.5) is 14.6 Å². The first-order valence-electron chi connectivity index (χ1n) is 9.87. The molecule has 0 radical (unpaired) electrons. The van der Waals surface area contributed by atoms with Crippen LogP contribution in [0.5, 0.6) is 0 Å². The molecule has 0 fully saturated rings. The molecule has 4 heterocycles. The Hall–Kier alpha value is -3.68. The molecular weight excluding hydrogens is 520 g/mol. The number of carbonyl (C=O) groups is 1. The first-order valence-corrected chi connectivity index (χ1v) is 10.7. The van der Waals surface area contributed by atoms with Gasteiger partial charge in [-0.05, 0) is 35.0 Å². The van der Waals surface area contributed by atoms with Crippen molar-refractivity contribution in [3.05, 3.63) is 67.0 Å². The second kappa shape index (κ2) is 8.59. The first-order chi connectivity index (χ1) is 16.0. The molecule has 0 aromatic carbocycles. The SMILES string of the molecule is Cc1cc(Cn2c(=O)c3c(ncn3CC(=O)Nc3ccc(Br)c(C(C)(F)F)n3)n(C)c2=O)no1. The number of aryl methyl sites for hydroxylation is 2. The number of pyridine rings is 1. The Morgan fingerprint density at radius 1 is 1.29 bits per heavy atom. The summed E-state index contributed by atoms with van der Waals surface area (Å²) in [4.78, 5) is 46.3. The number of carbonyl (C=O) groups excluding carboxylic acids is 1. The van der Waals surface area contributed by atoms with Crippen molar-refractivity contribution in [2.75, 3.05) is 5.32 Å². The van der Waals surface area contributed by atoms with E-state index >= 15 is 0 Å². The van der Waals surface area contributed by atoms with Gasteiger partial charge in [0, 0.05) is 24.5 Å². The molecule has 0 aliphatic heterocycles. The number of fused-ring (bicyclic) bond motifs is 1. The fourth-order valence-electron chi connectivity index (χ4n) is 3.39. The fraction of sp³-hybridized carbons (Fsp3) is 0.300. The van der Waals surface area contributed by atoms with E-state index in [1.54, 1.807) is 13.0 Å². The molecule has 4 rings (SSSR count). The van der Waals surface area contributed by atoms with Crippen molar-refractivity contribution in [3.8, 4) is 0 Å². The minimum absolute atomic E-state index is 0.0158. The summed E-state index contributed by atoms with van der Waals surface area (Å²) in [7, 11) is 1.45. The maximum absolute atomic E-state index is 13.7. The zero-order chi connectivity index (χ0) is 24.8. The molecule has 0 unspecified atom stereocenters. The Balaban J connectivity index is 1.66. The molecule has 0 saturated heterocycles. The zero-order valence-corrected chi connectivity index (χ0v) is 19.8. The molecule has 0 atom stereocenters. The Morgan fingerprint density at radius 3 is 2.68 bits per heavy atom. The monoisotopic (exact) mass is 537 g/mol. The summed E-state index contributed by atoms with van der Waals surface area (Å²) in [6.07, 6.45) is 1.25. The summed E-state index contributed by atoms with van der Waals surface area (Å²) in [6, 6.07) is 4.31. The first kappa shape index (κ1) is 23.5. The van der Waals surface area contributed by atoms with Gasteiger partial charge in [0.25, 0.3) is 11.5 Å². The van der Waals surface area contributed by atoms with Crippen molar-refractivity contribution >= 4 is 38.8 Å². The zero-order valence-electron chi connectivity index (χ0n) is 18.2. The highest BCUT2D eigenvalue weighted by atomic mass is 79.9. The molecule has 14 heteroatoms. The largest absolute Gasteiger partial charge is 0.361 e. The predicted octanol–water partition coefficient (Wildman–Crippen LogP) is 2.15. The van der Waals surface area contributed by atoms with E-state index in [0.29, 0.717) is 18.4 Å². The number of anilines is 1. The Kier molecular flexibility index (Phi) is 5.93. The van der Waals surface area contributed by atoms with E-state index in [1.807, 2.05) is 0 Å². The minimum atomic E-state index is -3.22. The number of rotatable bonds is 6. The molecule has 0 aliphatic carbocycles. The second-order valence-corrected chi connectivity index (χ2v) is 8.52. The Labute approximate surface area is 198 Å². The van der Waals surface area contributed by atoms with Crippen LogP contribution in [0.3, 0.4) is 0 Å². The maximum atomic E-state index is 13.7. The molecule has 4 aromatic heterocycles. The van der Waals surface area contributed by atoms with Crippen molar-refractivity contribution in [2.45, 2.75) is 32.9 Å². The fourth-order valence-corrected chi connectivity index (χ4v) is 3.96. The summed E-state index contributed by atoms with van der Waals surface area (Å²) in [5.41, 5.74) is -1.32. The van der Waals surface area contributed by atoms with Crippen molar-refractivity contribution in [3.63, 3.8) is 0 Å². The lowest BCUT2D eigenvalue weighted by Gasteiger charge is -2.13. The van der Waals surface area contributed by atoms with Crippen molar-refractivity contribution in [1.29, 1.82) is 0 Å². The van der Waals surface area contributed by atoms with Gasteiger partial charge in [0.1, 0.15) is 29.5 Å². The van der Waals surface area contributed by atoms with Gasteiger partial charge in [0.15, 0.2) is 11.2 Å². The van der Waals surface area contributed by atoms with Crippen LogP contribution in [0.15, 0.2) is 43.1 Å². The molecule has 0 saturated carbocycles. The molecule has 1 N–H and O–H groups in total. The number of hydrogen-bond donors (Lipinski definition) is 1. The topological polar surface area (TPSA) is 130 Å². The highest BCUT2D eigenvalue weighted by Crippen LogP contribution is 2.32. The predicted molar refractivity (Wildman–Crippen MR) is 120 cm³/mol. The van der Waals surface area contributed by atoms with Gasteiger partial charge < -0.3 is 14.4 Å². The van der Waals surface area contributed by atoms with Gasteiger partial charge in [-0.3, -0.25) is 18.7 Å². The van der Waals surface area contributed by atoms with Crippen LogP contribution >= 0.6 is 15.9 Å². The summed E-state index contributed by atoms with van der Waals surface area (Å²) < 4.78 is 36.0. The van der Waals surface area contributed by atoms with Gasteiger partial charge in [-0.15, -0.1) is 0 Å². The van der Waals surface area contributed by atoms with E-state index in [9.17, 15) is 23.2 Å². The van der Waals surface area contributed by atoms with E-state index < -0.39 is 28.8 Å². The van der Waals surface area contributed by atoms with Gasteiger partial charge in [0.2, 0.25) is 5.91 Å². The highest BCUT2D eigenvalue weighted by molar-refractivity contribution is 9.10. The molecule has 0 bridgehead atoms. The van der Waals surface area contributed by atoms with Crippen LogP contribution in [-0.2, 0) is 30.9 Å². The number of nitrogens with one attached hydrogen (secondary N) is 1. The van der Waals surface area contributed by atoms with Crippen LogP contribution in [0.2, 0.25) is 0 Å². The lowest BCUT2D eigenvalue weighted by molar-refractivity contribution is -0.116. The minimum Gasteiger partial charge on any atom is -0.361 e. The summed E-state index contributed by atoms with van der Waals surface area (Å²) >= 11 is 3.02. The maximum Gasteiger partial charge on any atom is 0.332 e. The molecule has 0 aliphatic rings. The normalized spacial score (nSPS) is 11.8. The van der Waals surface area contributed by atoms with E-state index in [1.165, 1.54) is 34.6 Å². The summed E-state index contributed by atoms with van der Waals surface area (Å²) in [5, 5.41) is 6.24. The van der Waals surface area contributed by atoms with Gasteiger partial charge in [-0.1, -0.05) is 5.16 Å². The lowest BCUT2D eigenvalue weighted by Crippen LogP contribution is -2.40. The second-order valence-electron chi connectivity index (χ2n) is 7.67. The standard InChI is InChI=1S/C20H18BrF2N7O4/c1-10-6-11(27-34-10)7-30-18(32)15-17(28(3)19(30)33)24-9-29(15)8-14(31)25-13-5-4-12(21)16(26-13)20(2,22)23/h4-6,9H,7-8H2,1-3H3,(H,25,26,31). The molecule has 4 aromatic rings. The number of aromatic nitrogens is 6. The van der Waals surface area contributed by atoms with E-state index in [-0.39, 0.29) is 34.5 Å². The molecule has 11 nitrogen and oxygen atoms in total. The smallest absolute Gasteiger partial charge is 0.332 e. The van der Waals surface area contributed by atoms with Gasteiger partial charge in [0.05, 0.1) is 12.9 Å². The average Bonchev–Trinajstić information content (AvgIpc) is 3.36. The number of hydrogen-bond acceptors (Lipinski definition) is 7. The number of nitrogens with zero attached hydrogens (tertiary/aromatic N) is 6.